The van der Waals surface area contributed by atoms with E-state index in [9.17, 15) is 27.9 Å². The standard InChI is InChI=1S/C13H14F3NO3S/c1-12(11(19)20,9-5-3-2-4-6-9)8-17-10(18)7-21-13(14,15)16/h2-6H,7-8H2,1H3,(H,17,18)(H,19,20). The lowest BCUT2D eigenvalue weighted by Gasteiger charge is -2.25. The number of benzene rings is 1. The Morgan fingerprint density at radius 3 is 2.29 bits per heavy atom. The van der Waals surface area contributed by atoms with Gasteiger partial charge in [0, 0.05) is 6.54 Å². The summed E-state index contributed by atoms with van der Waals surface area (Å²) < 4.78 is 35.9. The SMILES string of the molecule is CC(CNC(=O)CSC(F)(F)F)(C(=O)O)c1ccccc1. The van der Waals surface area contributed by atoms with E-state index in [1.54, 1.807) is 30.3 Å². The third kappa shape index (κ3) is 5.30. The molecule has 1 aromatic rings. The van der Waals surface area contributed by atoms with E-state index in [1.165, 1.54) is 6.92 Å². The van der Waals surface area contributed by atoms with Gasteiger partial charge in [-0.05, 0) is 24.2 Å². The molecule has 1 aromatic carbocycles. The third-order valence-corrected chi connectivity index (χ3v) is 3.62. The van der Waals surface area contributed by atoms with Gasteiger partial charge in [-0.25, -0.2) is 0 Å². The number of rotatable bonds is 6. The van der Waals surface area contributed by atoms with Crippen molar-refractivity contribution in [2.75, 3.05) is 12.3 Å². The fraction of sp³-hybridized carbons (Fsp3) is 0.385. The van der Waals surface area contributed by atoms with Crippen LogP contribution in [0.5, 0.6) is 0 Å². The summed E-state index contributed by atoms with van der Waals surface area (Å²) in [6.45, 7) is 1.12. The van der Waals surface area contributed by atoms with Crippen LogP contribution in [0.2, 0.25) is 0 Å². The zero-order valence-corrected chi connectivity index (χ0v) is 11.9. The van der Waals surface area contributed by atoms with E-state index >= 15 is 0 Å². The van der Waals surface area contributed by atoms with Crippen LogP contribution in [0.15, 0.2) is 30.3 Å². The van der Waals surface area contributed by atoms with Crippen LogP contribution >= 0.6 is 11.8 Å². The highest BCUT2D eigenvalue weighted by atomic mass is 32.2. The van der Waals surface area contributed by atoms with Crippen LogP contribution in [0.4, 0.5) is 13.2 Å². The molecule has 0 spiro atoms. The summed E-state index contributed by atoms with van der Waals surface area (Å²) in [6, 6.07) is 8.19. The quantitative estimate of drug-likeness (QED) is 0.844. The van der Waals surface area contributed by atoms with Gasteiger partial charge in [0.2, 0.25) is 5.91 Å². The highest BCUT2D eigenvalue weighted by molar-refractivity contribution is 8.00. The van der Waals surface area contributed by atoms with Crippen molar-refractivity contribution in [3.05, 3.63) is 35.9 Å². The minimum absolute atomic E-state index is 0.288. The van der Waals surface area contributed by atoms with Crippen LogP contribution in [0.1, 0.15) is 12.5 Å². The smallest absolute Gasteiger partial charge is 0.442 e. The van der Waals surface area contributed by atoms with Gasteiger partial charge in [0.05, 0.1) is 5.75 Å². The highest BCUT2D eigenvalue weighted by Gasteiger charge is 2.36. The average Bonchev–Trinajstić information content (AvgIpc) is 2.42. The Labute approximate surface area is 123 Å². The van der Waals surface area contributed by atoms with Crippen molar-refractivity contribution in [2.24, 2.45) is 0 Å². The normalized spacial score (nSPS) is 14.3. The Bertz CT molecular complexity index is 507. The highest BCUT2D eigenvalue weighted by Crippen LogP contribution is 2.29. The van der Waals surface area contributed by atoms with E-state index in [1.807, 2.05) is 0 Å². The predicted octanol–water partition coefficient (Wildman–Crippen LogP) is 2.40. The van der Waals surface area contributed by atoms with Crippen LogP contribution in [-0.4, -0.2) is 34.8 Å². The topological polar surface area (TPSA) is 66.4 Å². The fourth-order valence-electron chi connectivity index (χ4n) is 1.58. The van der Waals surface area contributed by atoms with Gasteiger partial charge in [0.25, 0.3) is 0 Å². The molecule has 0 aliphatic carbocycles. The van der Waals surface area contributed by atoms with Crippen LogP contribution in [0.3, 0.4) is 0 Å². The van der Waals surface area contributed by atoms with Gasteiger partial charge < -0.3 is 10.4 Å². The molecule has 1 amide bonds. The number of alkyl halides is 3. The Hall–Kier alpha value is -1.70. The van der Waals surface area contributed by atoms with Crippen molar-refractivity contribution in [1.29, 1.82) is 0 Å². The van der Waals surface area contributed by atoms with E-state index in [2.05, 4.69) is 5.32 Å². The summed E-state index contributed by atoms with van der Waals surface area (Å²) in [5, 5.41) is 11.6. The Balaban J connectivity index is 2.69. The molecular weight excluding hydrogens is 307 g/mol. The number of carbonyl (C=O) groups is 2. The first kappa shape index (κ1) is 17.4. The lowest BCUT2D eigenvalue weighted by molar-refractivity contribution is -0.143. The number of nitrogens with one attached hydrogen (secondary N) is 1. The molecular formula is C13H14F3NO3S. The van der Waals surface area contributed by atoms with Crippen molar-refractivity contribution in [3.8, 4) is 0 Å². The Kier molecular flexibility index (Phi) is 5.65. The minimum Gasteiger partial charge on any atom is -0.481 e. The molecule has 0 aliphatic rings. The van der Waals surface area contributed by atoms with Crippen molar-refractivity contribution < 1.29 is 27.9 Å². The number of hydrogen-bond acceptors (Lipinski definition) is 3. The molecule has 4 nitrogen and oxygen atoms in total. The van der Waals surface area contributed by atoms with Gasteiger partial charge in [-0.15, -0.1) is 0 Å². The average molecular weight is 321 g/mol. The van der Waals surface area contributed by atoms with Gasteiger partial charge in [0.1, 0.15) is 5.41 Å². The second-order valence-electron chi connectivity index (χ2n) is 4.51. The molecule has 1 unspecified atom stereocenters. The molecule has 0 aromatic heterocycles. The largest absolute Gasteiger partial charge is 0.481 e. The lowest BCUT2D eigenvalue weighted by Crippen LogP contribution is -2.45. The molecule has 8 heteroatoms. The molecule has 1 rings (SSSR count). The first-order valence-corrected chi connectivity index (χ1v) is 6.90. The summed E-state index contributed by atoms with van der Waals surface area (Å²) in [6.07, 6.45) is 0. The lowest BCUT2D eigenvalue weighted by atomic mass is 9.82. The summed E-state index contributed by atoms with van der Waals surface area (Å²) in [5.74, 6) is -2.83. The number of carbonyl (C=O) groups excluding carboxylic acids is 1. The second-order valence-corrected chi connectivity index (χ2v) is 5.55. The third-order valence-electron chi connectivity index (χ3n) is 2.89. The number of halogens is 3. The van der Waals surface area contributed by atoms with Crippen molar-refractivity contribution in [3.63, 3.8) is 0 Å². The van der Waals surface area contributed by atoms with Crippen LogP contribution < -0.4 is 5.32 Å². The molecule has 2 N–H and O–H groups in total. The van der Waals surface area contributed by atoms with Gasteiger partial charge in [-0.3, -0.25) is 9.59 Å². The second kappa shape index (κ2) is 6.84. The Morgan fingerprint density at radius 1 is 1.24 bits per heavy atom. The van der Waals surface area contributed by atoms with E-state index < -0.39 is 40.3 Å². The van der Waals surface area contributed by atoms with Crippen LogP contribution in [-0.2, 0) is 15.0 Å². The summed E-state index contributed by atoms with van der Waals surface area (Å²) >= 11 is -0.463. The number of carboxylic acids is 1. The molecule has 0 heterocycles. The van der Waals surface area contributed by atoms with E-state index in [0.717, 1.165) is 0 Å². The number of hydrogen-bond donors (Lipinski definition) is 2. The minimum atomic E-state index is -4.49. The van der Waals surface area contributed by atoms with Gasteiger partial charge >= 0.3 is 11.5 Å². The van der Waals surface area contributed by atoms with Crippen molar-refractivity contribution in [1.82, 2.24) is 5.32 Å². The number of carboxylic acid groups (broad SMARTS) is 1. The maximum absolute atomic E-state index is 12.0. The Morgan fingerprint density at radius 2 is 1.81 bits per heavy atom. The fourth-order valence-corrected chi connectivity index (χ4v) is 1.98. The zero-order valence-electron chi connectivity index (χ0n) is 11.1. The molecule has 0 saturated heterocycles. The molecule has 0 bridgehead atoms. The van der Waals surface area contributed by atoms with E-state index in [-0.39, 0.29) is 6.54 Å². The maximum Gasteiger partial charge on any atom is 0.442 e. The van der Waals surface area contributed by atoms with Crippen molar-refractivity contribution >= 4 is 23.6 Å². The van der Waals surface area contributed by atoms with Gasteiger partial charge in [-0.2, -0.15) is 13.2 Å². The molecule has 21 heavy (non-hydrogen) atoms. The number of amides is 1. The molecule has 0 radical (unpaired) electrons. The van der Waals surface area contributed by atoms with E-state index in [4.69, 9.17) is 0 Å². The summed E-state index contributed by atoms with van der Waals surface area (Å²) in [5.41, 5.74) is -5.44. The molecule has 0 fully saturated rings. The summed E-state index contributed by atoms with van der Waals surface area (Å²) in [7, 11) is 0. The predicted molar refractivity (Wildman–Crippen MR) is 73.0 cm³/mol. The number of aliphatic carboxylic acids is 1. The van der Waals surface area contributed by atoms with Crippen molar-refractivity contribution in [2.45, 2.75) is 17.8 Å². The van der Waals surface area contributed by atoms with Gasteiger partial charge in [0.15, 0.2) is 0 Å². The molecule has 0 saturated carbocycles. The maximum atomic E-state index is 12.0. The van der Waals surface area contributed by atoms with E-state index in [0.29, 0.717) is 5.56 Å². The van der Waals surface area contributed by atoms with Crippen LogP contribution in [0.25, 0.3) is 0 Å². The molecule has 0 aliphatic heterocycles. The molecule has 116 valence electrons. The first-order chi connectivity index (χ1) is 9.65. The van der Waals surface area contributed by atoms with Gasteiger partial charge in [-0.1, -0.05) is 30.3 Å². The monoisotopic (exact) mass is 321 g/mol. The molecule has 1 atom stereocenters. The summed E-state index contributed by atoms with van der Waals surface area (Å²) in [4.78, 5) is 22.8. The first-order valence-electron chi connectivity index (χ1n) is 5.91. The number of thioether (sulfide) groups is 1. The zero-order chi connectivity index (χ0) is 16.1. The van der Waals surface area contributed by atoms with Crippen LogP contribution in [0, 0.1) is 0 Å².